The van der Waals surface area contributed by atoms with Gasteiger partial charge in [-0.25, -0.2) is 4.39 Å². The van der Waals surface area contributed by atoms with Crippen LogP contribution in [0.2, 0.25) is 0 Å². The van der Waals surface area contributed by atoms with E-state index in [4.69, 9.17) is 5.11 Å². The third-order valence-electron chi connectivity index (χ3n) is 6.24. The molecule has 164 valence electrons. The van der Waals surface area contributed by atoms with Crippen LogP contribution in [-0.2, 0) is 11.2 Å². The van der Waals surface area contributed by atoms with Crippen LogP contribution in [0.4, 0.5) is 4.39 Å². The fraction of sp³-hybridized carbons (Fsp3) is 0.696. The van der Waals surface area contributed by atoms with E-state index < -0.39 is 24.3 Å². The van der Waals surface area contributed by atoms with Gasteiger partial charge in [0.2, 0.25) is 0 Å². The number of carboxylic acid groups (broad SMARTS) is 1. The topological polar surface area (TPSA) is 98.0 Å². The molecule has 1 aliphatic carbocycles. The van der Waals surface area contributed by atoms with Crippen molar-refractivity contribution in [2.24, 2.45) is 11.8 Å². The van der Waals surface area contributed by atoms with Gasteiger partial charge in [0.25, 0.3) is 0 Å². The number of aliphatic hydroxyl groups is 3. The summed E-state index contributed by atoms with van der Waals surface area (Å²) in [5, 5.41) is 39.6. The molecule has 1 saturated carbocycles. The minimum Gasteiger partial charge on any atom is -0.481 e. The SMILES string of the molecule is O=C(O)CCCCCCC1C(O)CC(O)[C@@H]1CCC(O)CCc1ccccc1F. The van der Waals surface area contributed by atoms with E-state index in [1.54, 1.807) is 18.2 Å². The lowest BCUT2D eigenvalue weighted by molar-refractivity contribution is -0.137. The minimum atomic E-state index is -0.770. The highest BCUT2D eigenvalue weighted by atomic mass is 19.1. The number of aliphatic carboxylic acids is 1. The van der Waals surface area contributed by atoms with Crippen LogP contribution in [-0.4, -0.2) is 44.7 Å². The highest BCUT2D eigenvalue weighted by Crippen LogP contribution is 2.39. The average molecular weight is 411 g/mol. The maximum absolute atomic E-state index is 13.7. The van der Waals surface area contributed by atoms with Crippen molar-refractivity contribution < 1.29 is 29.6 Å². The second kappa shape index (κ2) is 12.3. The first kappa shape index (κ1) is 23.8. The summed E-state index contributed by atoms with van der Waals surface area (Å²) in [6.45, 7) is 0. The summed E-state index contributed by atoms with van der Waals surface area (Å²) >= 11 is 0. The first-order valence-corrected chi connectivity index (χ1v) is 10.9. The molecule has 1 fully saturated rings. The molecule has 2 rings (SSSR count). The minimum absolute atomic E-state index is 0.0169. The van der Waals surface area contributed by atoms with E-state index in [9.17, 15) is 24.5 Å². The Bertz CT molecular complexity index is 623. The summed E-state index contributed by atoms with van der Waals surface area (Å²) in [5.41, 5.74) is 0.601. The molecule has 29 heavy (non-hydrogen) atoms. The second-order valence-corrected chi connectivity index (χ2v) is 8.41. The number of aliphatic hydroxyl groups excluding tert-OH is 3. The van der Waals surface area contributed by atoms with Gasteiger partial charge in [0, 0.05) is 6.42 Å². The highest BCUT2D eigenvalue weighted by Gasteiger charge is 2.40. The van der Waals surface area contributed by atoms with Gasteiger partial charge in [-0.05, 0) is 68.4 Å². The first-order chi connectivity index (χ1) is 13.9. The second-order valence-electron chi connectivity index (χ2n) is 8.41. The van der Waals surface area contributed by atoms with Crippen LogP contribution in [0.3, 0.4) is 0 Å². The predicted molar refractivity (Wildman–Crippen MR) is 109 cm³/mol. The molecule has 0 aromatic heterocycles. The molecule has 1 aromatic rings. The molecule has 6 heteroatoms. The number of halogens is 1. The number of benzene rings is 1. The maximum atomic E-state index is 13.7. The Kier molecular flexibility index (Phi) is 10.0. The van der Waals surface area contributed by atoms with E-state index in [1.807, 2.05) is 0 Å². The van der Waals surface area contributed by atoms with Crippen LogP contribution in [0.25, 0.3) is 0 Å². The standard InChI is InChI=1S/C23H35FO5/c24-20-9-6-5-7-16(20)11-12-17(25)13-14-19-18(21(26)15-22(19)27)8-3-1-2-4-10-23(28)29/h5-7,9,17-19,21-22,25-27H,1-4,8,10-15H2,(H,28,29)/t17?,18?,19-,21?,22?/m1/s1. The fourth-order valence-corrected chi connectivity index (χ4v) is 4.54. The van der Waals surface area contributed by atoms with Crippen LogP contribution in [0.1, 0.15) is 69.8 Å². The maximum Gasteiger partial charge on any atom is 0.303 e. The number of hydrogen-bond donors (Lipinski definition) is 4. The molecule has 4 unspecified atom stereocenters. The van der Waals surface area contributed by atoms with Crippen LogP contribution in [0.15, 0.2) is 24.3 Å². The van der Waals surface area contributed by atoms with Crippen molar-refractivity contribution in [2.45, 2.75) is 88.9 Å². The zero-order chi connectivity index (χ0) is 21.2. The van der Waals surface area contributed by atoms with Gasteiger partial charge >= 0.3 is 5.97 Å². The number of hydrogen-bond acceptors (Lipinski definition) is 4. The summed E-state index contributed by atoms with van der Waals surface area (Å²) in [7, 11) is 0. The van der Waals surface area contributed by atoms with Crippen molar-refractivity contribution in [3.8, 4) is 0 Å². The average Bonchev–Trinajstić information content (AvgIpc) is 2.94. The molecule has 1 aliphatic rings. The van der Waals surface area contributed by atoms with Gasteiger partial charge in [-0.1, -0.05) is 37.5 Å². The van der Waals surface area contributed by atoms with Crippen LogP contribution < -0.4 is 0 Å². The monoisotopic (exact) mass is 410 g/mol. The summed E-state index contributed by atoms with van der Waals surface area (Å²) < 4.78 is 13.7. The molecule has 0 amide bonds. The van der Waals surface area contributed by atoms with Gasteiger partial charge in [-0.15, -0.1) is 0 Å². The van der Waals surface area contributed by atoms with Crippen LogP contribution in [0.5, 0.6) is 0 Å². The van der Waals surface area contributed by atoms with E-state index in [-0.39, 0.29) is 24.1 Å². The van der Waals surface area contributed by atoms with Crippen molar-refractivity contribution >= 4 is 5.97 Å². The van der Waals surface area contributed by atoms with Crippen LogP contribution in [0, 0.1) is 17.7 Å². The van der Waals surface area contributed by atoms with E-state index in [0.29, 0.717) is 44.1 Å². The van der Waals surface area contributed by atoms with Gasteiger partial charge < -0.3 is 20.4 Å². The molecule has 0 heterocycles. The third kappa shape index (κ3) is 8.03. The van der Waals surface area contributed by atoms with Crippen molar-refractivity contribution in [1.29, 1.82) is 0 Å². The molecule has 0 saturated heterocycles. The van der Waals surface area contributed by atoms with E-state index in [0.717, 1.165) is 25.7 Å². The lowest BCUT2D eigenvalue weighted by atomic mass is 9.84. The van der Waals surface area contributed by atoms with Crippen molar-refractivity contribution in [3.05, 3.63) is 35.6 Å². The Hall–Kier alpha value is -1.50. The normalized spacial score (nSPS) is 25.2. The van der Waals surface area contributed by atoms with E-state index in [1.165, 1.54) is 6.07 Å². The van der Waals surface area contributed by atoms with Crippen molar-refractivity contribution in [1.82, 2.24) is 0 Å². The van der Waals surface area contributed by atoms with Crippen molar-refractivity contribution in [2.75, 3.05) is 0 Å². The fourth-order valence-electron chi connectivity index (χ4n) is 4.54. The summed E-state index contributed by atoms with van der Waals surface area (Å²) in [6, 6.07) is 6.58. The number of carboxylic acids is 1. The lowest BCUT2D eigenvalue weighted by Crippen LogP contribution is -2.24. The molecular weight excluding hydrogens is 375 g/mol. The number of rotatable bonds is 13. The first-order valence-electron chi connectivity index (χ1n) is 10.9. The van der Waals surface area contributed by atoms with Gasteiger partial charge in [-0.3, -0.25) is 4.79 Å². The van der Waals surface area contributed by atoms with Gasteiger partial charge in [0.1, 0.15) is 5.82 Å². The molecule has 0 aliphatic heterocycles. The highest BCUT2D eigenvalue weighted by molar-refractivity contribution is 5.66. The molecule has 5 atom stereocenters. The van der Waals surface area contributed by atoms with E-state index >= 15 is 0 Å². The Morgan fingerprint density at radius 2 is 1.66 bits per heavy atom. The molecule has 0 radical (unpaired) electrons. The molecular formula is C23H35FO5. The molecule has 1 aromatic carbocycles. The Balaban J connectivity index is 1.72. The largest absolute Gasteiger partial charge is 0.481 e. The number of unbranched alkanes of at least 4 members (excludes halogenated alkanes) is 3. The van der Waals surface area contributed by atoms with Gasteiger partial charge in [0.15, 0.2) is 0 Å². The molecule has 0 spiro atoms. The molecule has 4 N–H and O–H groups in total. The molecule has 0 bridgehead atoms. The quantitative estimate of drug-likeness (QED) is 0.372. The smallest absolute Gasteiger partial charge is 0.303 e. The number of aryl methyl sites for hydroxylation is 1. The zero-order valence-corrected chi connectivity index (χ0v) is 17.0. The van der Waals surface area contributed by atoms with Gasteiger partial charge in [0.05, 0.1) is 18.3 Å². The molecule has 5 nitrogen and oxygen atoms in total. The Morgan fingerprint density at radius 3 is 2.34 bits per heavy atom. The predicted octanol–water partition coefficient (Wildman–Crippen LogP) is 3.68. The van der Waals surface area contributed by atoms with Crippen molar-refractivity contribution in [3.63, 3.8) is 0 Å². The van der Waals surface area contributed by atoms with E-state index in [2.05, 4.69) is 0 Å². The van der Waals surface area contributed by atoms with Gasteiger partial charge in [-0.2, -0.15) is 0 Å². The summed E-state index contributed by atoms with van der Waals surface area (Å²) in [6.07, 6.45) is 5.20. The lowest BCUT2D eigenvalue weighted by Gasteiger charge is -2.24. The summed E-state index contributed by atoms with van der Waals surface area (Å²) in [4.78, 5) is 10.5. The van der Waals surface area contributed by atoms with Crippen LogP contribution >= 0.6 is 0 Å². The third-order valence-corrected chi connectivity index (χ3v) is 6.24. The number of carbonyl (C=O) groups is 1. The zero-order valence-electron chi connectivity index (χ0n) is 17.0. The Labute approximate surface area is 172 Å². The summed E-state index contributed by atoms with van der Waals surface area (Å²) in [5.74, 6) is -1.04. The Morgan fingerprint density at radius 1 is 1.00 bits per heavy atom.